The number of nitrogens with zero attached hydrogens (tertiary/aromatic N) is 2. The number of benzene rings is 1. The van der Waals surface area contributed by atoms with E-state index in [9.17, 15) is 5.11 Å². The fourth-order valence-corrected chi connectivity index (χ4v) is 3.14. The molecular formula is C18H30N2O. The number of likely N-dealkylation sites (tertiary alicyclic amines) is 1. The Labute approximate surface area is 129 Å². The largest absolute Gasteiger partial charge is 0.393 e. The summed E-state index contributed by atoms with van der Waals surface area (Å²) in [5.41, 5.74) is 2.83. The molecule has 3 nitrogen and oxygen atoms in total. The fraction of sp³-hybridized carbons (Fsp3) is 0.667. The van der Waals surface area contributed by atoms with E-state index in [0.717, 1.165) is 19.4 Å². The molecule has 2 atom stereocenters. The molecule has 0 aromatic heterocycles. The molecule has 0 aliphatic carbocycles. The molecule has 2 aliphatic rings. The van der Waals surface area contributed by atoms with Crippen LogP contribution in [0, 0.1) is 6.92 Å². The Morgan fingerprint density at radius 2 is 1.76 bits per heavy atom. The van der Waals surface area contributed by atoms with Crippen molar-refractivity contribution < 1.29 is 5.11 Å². The molecule has 2 heterocycles. The lowest BCUT2D eigenvalue weighted by Gasteiger charge is -2.32. The molecule has 0 radical (unpaired) electrons. The summed E-state index contributed by atoms with van der Waals surface area (Å²) in [6.45, 7) is 7.87. The zero-order valence-corrected chi connectivity index (χ0v) is 13.8. The third kappa shape index (κ3) is 4.72. The second-order valence-electron chi connectivity index (χ2n) is 6.49. The lowest BCUT2D eigenvalue weighted by molar-refractivity contribution is 0.0624. The molecule has 3 heteroatoms. The summed E-state index contributed by atoms with van der Waals surface area (Å²) in [7, 11) is 2.11. The van der Waals surface area contributed by atoms with Crippen molar-refractivity contribution in [1.29, 1.82) is 0 Å². The topological polar surface area (TPSA) is 26.7 Å². The smallest absolute Gasteiger partial charge is 0.0567 e. The van der Waals surface area contributed by atoms with Gasteiger partial charge in [-0.05, 0) is 58.2 Å². The normalized spacial score (nSPS) is 26.4. The van der Waals surface area contributed by atoms with Gasteiger partial charge in [0.15, 0.2) is 0 Å². The Hall–Kier alpha value is -1.06. The van der Waals surface area contributed by atoms with E-state index < -0.39 is 0 Å². The molecule has 1 N–H and O–H groups in total. The molecule has 21 heavy (non-hydrogen) atoms. The van der Waals surface area contributed by atoms with Gasteiger partial charge in [-0.2, -0.15) is 0 Å². The lowest BCUT2D eigenvalue weighted by atomic mass is 10.0. The van der Waals surface area contributed by atoms with Crippen LogP contribution in [0.25, 0.3) is 0 Å². The summed E-state index contributed by atoms with van der Waals surface area (Å²) in [6, 6.07) is 9.21. The molecule has 2 aliphatic heterocycles. The molecule has 2 fully saturated rings. The summed E-state index contributed by atoms with van der Waals surface area (Å²) in [6.07, 6.45) is 4.55. The van der Waals surface area contributed by atoms with Gasteiger partial charge in [0.2, 0.25) is 0 Å². The Balaban J connectivity index is 0.000000161. The van der Waals surface area contributed by atoms with E-state index in [1.54, 1.807) is 0 Å². The van der Waals surface area contributed by atoms with Crippen molar-refractivity contribution in [3.63, 3.8) is 0 Å². The Morgan fingerprint density at radius 1 is 1.10 bits per heavy atom. The predicted molar refractivity (Wildman–Crippen MR) is 90.0 cm³/mol. The summed E-state index contributed by atoms with van der Waals surface area (Å²) in [5, 5.41) is 9.17. The van der Waals surface area contributed by atoms with Crippen LogP contribution in [0.1, 0.15) is 38.2 Å². The van der Waals surface area contributed by atoms with E-state index in [0.29, 0.717) is 6.04 Å². The van der Waals surface area contributed by atoms with Crippen LogP contribution in [0.3, 0.4) is 0 Å². The highest BCUT2D eigenvalue weighted by atomic mass is 16.3. The number of piperidine rings is 1. The van der Waals surface area contributed by atoms with Crippen LogP contribution in [0.15, 0.2) is 24.3 Å². The van der Waals surface area contributed by atoms with Crippen molar-refractivity contribution in [2.45, 2.75) is 51.7 Å². The van der Waals surface area contributed by atoms with Gasteiger partial charge in [0.25, 0.3) is 0 Å². The number of hydrogen-bond donors (Lipinski definition) is 1. The van der Waals surface area contributed by atoms with E-state index in [2.05, 4.69) is 55.0 Å². The number of para-hydroxylation sites is 1. The van der Waals surface area contributed by atoms with Gasteiger partial charge in [-0.1, -0.05) is 18.2 Å². The third-order valence-electron chi connectivity index (χ3n) is 4.74. The average Bonchev–Trinajstić information content (AvgIpc) is 2.98. The fourth-order valence-electron chi connectivity index (χ4n) is 3.14. The Morgan fingerprint density at radius 3 is 2.33 bits per heavy atom. The van der Waals surface area contributed by atoms with Gasteiger partial charge in [0, 0.05) is 31.4 Å². The molecule has 2 saturated heterocycles. The average molecular weight is 290 g/mol. The number of aliphatic hydroxyl groups is 1. The molecule has 0 amide bonds. The second-order valence-corrected chi connectivity index (χ2v) is 6.49. The summed E-state index contributed by atoms with van der Waals surface area (Å²) in [5.74, 6) is 0. The third-order valence-corrected chi connectivity index (χ3v) is 4.74. The van der Waals surface area contributed by atoms with Gasteiger partial charge in [-0.3, -0.25) is 0 Å². The molecule has 2 unspecified atom stereocenters. The summed E-state index contributed by atoms with van der Waals surface area (Å²) in [4.78, 5) is 4.77. The van der Waals surface area contributed by atoms with E-state index >= 15 is 0 Å². The van der Waals surface area contributed by atoms with Crippen LogP contribution < -0.4 is 4.90 Å². The molecular weight excluding hydrogens is 260 g/mol. The van der Waals surface area contributed by atoms with Crippen LogP contribution in [0.4, 0.5) is 5.69 Å². The molecule has 0 bridgehead atoms. The Bertz CT molecular complexity index is 429. The molecule has 0 spiro atoms. The van der Waals surface area contributed by atoms with Gasteiger partial charge in [-0.25, -0.2) is 0 Å². The monoisotopic (exact) mass is 290 g/mol. The maximum atomic E-state index is 9.17. The Kier molecular flexibility index (Phi) is 6.07. The van der Waals surface area contributed by atoms with Crippen LogP contribution in [0.5, 0.6) is 0 Å². The van der Waals surface area contributed by atoms with Crippen LogP contribution >= 0.6 is 0 Å². The van der Waals surface area contributed by atoms with Crippen molar-refractivity contribution in [3.05, 3.63) is 29.8 Å². The number of aryl methyl sites for hydroxylation is 1. The quantitative estimate of drug-likeness (QED) is 0.861. The van der Waals surface area contributed by atoms with Crippen molar-refractivity contribution >= 4 is 5.69 Å². The van der Waals surface area contributed by atoms with Gasteiger partial charge < -0.3 is 14.9 Å². The minimum absolute atomic E-state index is 0.0452. The predicted octanol–water partition coefficient (Wildman–Crippen LogP) is 3.06. The summed E-state index contributed by atoms with van der Waals surface area (Å²) >= 11 is 0. The first-order valence-electron chi connectivity index (χ1n) is 8.27. The number of anilines is 1. The zero-order chi connectivity index (χ0) is 15.2. The lowest BCUT2D eigenvalue weighted by Crippen LogP contribution is -2.39. The minimum atomic E-state index is -0.0452. The van der Waals surface area contributed by atoms with Crippen molar-refractivity contribution in [2.24, 2.45) is 0 Å². The first kappa shape index (κ1) is 16.3. The van der Waals surface area contributed by atoms with E-state index in [-0.39, 0.29) is 6.10 Å². The summed E-state index contributed by atoms with van der Waals surface area (Å²) < 4.78 is 0. The first-order valence-corrected chi connectivity index (χ1v) is 8.27. The maximum absolute atomic E-state index is 9.17. The number of aliphatic hydroxyl groups excluding tert-OH is 1. The van der Waals surface area contributed by atoms with E-state index in [4.69, 9.17) is 0 Å². The highest BCUT2D eigenvalue weighted by Crippen LogP contribution is 2.23. The van der Waals surface area contributed by atoms with Crippen LogP contribution in [-0.4, -0.2) is 48.8 Å². The molecule has 1 aromatic carbocycles. The van der Waals surface area contributed by atoms with Crippen molar-refractivity contribution in [2.75, 3.05) is 31.6 Å². The molecule has 1 aromatic rings. The van der Waals surface area contributed by atoms with Gasteiger partial charge in [0.1, 0.15) is 0 Å². The van der Waals surface area contributed by atoms with Crippen molar-refractivity contribution in [3.8, 4) is 0 Å². The standard InChI is InChI=1S/C11H15N.C7H15NO/c1-10-6-2-3-7-11(10)12-8-4-5-9-12;1-6-5-7(9)3-4-8(6)2/h2-3,6-7H,4-5,8-9H2,1H3;6-7,9H,3-5H2,1-2H3. The van der Waals surface area contributed by atoms with Gasteiger partial charge in [-0.15, -0.1) is 0 Å². The van der Waals surface area contributed by atoms with E-state index in [1.165, 1.54) is 37.2 Å². The minimum Gasteiger partial charge on any atom is -0.393 e. The van der Waals surface area contributed by atoms with Crippen LogP contribution in [0.2, 0.25) is 0 Å². The highest BCUT2D eigenvalue weighted by molar-refractivity contribution is 5.53. The molecule has 3 rings (SSSR count). The number of hydrogen-bond acceptors (Lipinski definition) is 3. The van der Waals surface area contributed by atoms with Gasteiger partial charge in [0.05, 0.1) is 6.10 Å². The maximum Gasteiger partial charge on any atom is 0.0567 e. The van der Waals surface area contributed by atoms with Crippen molar-refractivity contribution in [1.82, 2.24) is 4.90 Å². The van der Waals surface area contributed by atoms with Crippen LogP contribution in [-0.2, 0) is 0 Å². The first-order chi connectivity index (χ1) is 10.1. The zero-order valence-electron chi connectivity index (χ0n) is 13.8. The second kappa shape index (κ2) is 7.81. The molecule has 118 valence electrons. The molecule has 0 saturated carbocycles. The van der Waals surface area contributed by atoms with Gasteiger partial charge >= 0.3 is 0 Å². The SMILES string of the molecule is CC1CC(O)CCN1C.Cc1ccccc1N1CCCC1. The number of rotatable bonds is 1. The van der Waals surface area contributed by atoms with E-state index in [1.807, 2.05) is 0 Å². The highest BCUT2D eigenvalue weighted by Gasteiger charge is 2.20.